The monoisotopic (exact) mass is 313 g/mol. The van der Waals surface area contributed by atoms with Crippen LogP contribution in [0.25, 0.3) is 0 Å². The van der Waals surface area contributed by atoms with Crippen LogP contribution in [0.4, 0.5) is 4.79 Å². The molecule has 1 aliphatic heterocycles. The summed E-state index contributed by atoms with van der Waals surface area (Å²) in [5.41, 5.74) is 2.02. The number of aryl methyl sites for hydroxylation is 1. The first kappa shape index (κ1) is 15.5. The van der Waals surface area contributed by atoms with E-state index in [0.717, 1.165) is 43.7 Å². The van der Waals surface area contributed by atoms with Crippen LogP contribution in [-0.4, -0.2) is 44.8 Å². The number of pyridine rings is 1. The quantitative estimate of drug-likeness (QED) is 0.918. The molecule has 2 aromatic heterocycles. The molecule has 0 aromatic carbocycles. The number of nitrogens with zero attached hydrogens (tertiary/aromatic N) is 4. The molecule has 3 rings (SSSR count). The van der Waals surface area contributed by atoms with Gasteiger partial charge in [0, 0.05) is 43.3 Å². The molecule has 1 atom stereocenters. The number of carbonyl (C=O) groups is 1. The Morgan fingerprint density at radius 3 is 3.09 bits per heavy atom. The molecule has 1 saturated heterocycles. The van der Waals surface area contributed by atoms with Gasteiger partial charge >= 0.3 is 6.03 Å². The van der Waals surface area contributed by atoms with Crippen molar-refractivity contribution in [3.63, 3.8) is 0 Å². The Labute approximate surface area is 136 Å². The Kier molecular flexibility index (Phi) is 4.90. The fourth-order valence-corrected chi connectivity index (χ4v) is 3.06. The number of amides is 2. The van der Waals surface area contributed by atoms with Crippen molar-refractivity contribution >= 4 is 6.03 Å². The van der Waals surface area contributed by atoms with Gasteiger partial charge in [-0.25, -0.2) is 4.79 Å². The highest BCUT2D eigenvalue weighted by Gasteiger charge is 2.28. The molecule has 1 N–H and O–H groups in total. The van der Waals surface area contributed by atoms with Crippen molar-refractivity contribution < 1.29 is 4.79 Å². The Balaban J connectivity index is 1.49. The first-order valence-corrected chi connectivity index (χ1v) is 8.17. The molecular formula is C17H23N5O. The van der Waals surface area contributed by atoms with E-state index >= 15 is 0 Å². The number of urea groups is 1. The Morgan fingerprint density at radius 2 is 2.30 bits per heavy atom. The molecule has 6 heteroatoms. The van der Waals surface area contributed by atoms with E-state index in [4.69, 9.17) is 0 Å². The van der Waals surface area contributed by atoms with E-state index in [1.807, 2.05) is 47.0 Å². The van der Waals surface area contributed by atoms with Crippen molar-refractivity contribution in [2.75, 3.05) is 13.1 Å². The maximum Gasteiger partial charge on any atom is 0.317 e. The van der Waals surface area contributed by atoms with Crippen LogP contribution in [0.1, 0.15) is 24.2 Å². The van der Waals surface area contributed by atoms with Crippen LogP contribution in [0.3, 0.4) is 0 Å². The van der Waals surface area contributed by atoms with Crippen LogP contribution >= 0.6 is 0 Å². The van der Waals surface area contributed by atoms with Gasteiger partial charge in [0.2, 0.25) is 0 Å². The summed E-state index contributed by atoms with van der Waals surface area (Å²) < 4.78 is 1.90. The van der Waals surface area contributed by atoms with E-state index < -0.39 is 0 Å². The normalized spacial score (nSPS) is 17.4. The maximum absolute atomic E-state index is 12.4. The summed E-state index contributed by atoms with van der Waals surface area (Å²) >= 11 is 0. The molecule has 3 heterocycles. The number of likely N-dealkylation sites (tertiary alicyclic amines) is 1. The van der Waals surface area contributed by atoms with E-state index in [1.54, 1.807) is 6.20 Å². The van der Waals surface area contributed by atoms with E-state index in [1.165, 1.54) is 0 Å². The lowest BCUT2D eigenvalue weighted by atomic mass is 10.2. The van der Waals surface area contributed by atoms with Crippen LogP contribution in [0.2, 0.25) is 0 Å². The second kappa shape index (κ2) is 7.26. The topological polar surface area (TPSA) is 63.1 Å². The van der Waals surface area contributed by atoms with Gasteiger partial charge in [-0.15, -0.1) is 0 Å². The van der Waals surface area contributed by atoms with Crippen LogP contribution in [-0.2, 0) is 13.0 Å². The van der Waals surface area contributed by atoms with Crippen molar-refractivity contribution in [1.29, 1.82) is 0 Å². The minimum absolute atomic E-state index is 0.0207. The average Bonchev–Trinajstić information content (AvgIpc) is 3.19. The Hall–Kier alpha value is -2.37. The number of hydrogen-bond donors (Lipinski definition) is 1. The zero-order chi connectivity index (χ0) is 16.1. The lowest BCUT2D eigenvalue weighted by Gasteiger charge is -2.25. The lowest BCUT2D eigenvalue weighted by molar-refractivity contribution is 0.186. The van der Waals surface area contributed by atoms with E-state index in [-0.39, 0.29) is 12.1 Å². The zero-order valence-corrected chi connectivity index (χ0v) is 13.5. The minimum atomic E-state index is 0.0207. The van der Waals surface area contributed by atoms with Crippen molar-refractivity contribution in [3.8, 4) is 0 Å². The summed E-state index contributed by atoms with van der Waals surface area (Å²) in [5, 5.41) is 7.25. The molecule has 0 saturated carbocycles. The Bertz CT molecular complexity index is 640. The Morgan fingerprint density at radius 1 is 1.39 bits per heavy atom. The van der Waals surface area contributed by atoms with Gasteiger partial charge in [0.05, 0.1) is 12.6 Å². The summed E-state index contributed by atoms with van der Waals surface area (Å²) in [6.07, 6.45) is 6.56. The smallest absolute Gasteiger partial charge is 0.317 e. The van der Waals surface area contributed by atoms with Crippen LogP contribution < -0.4 is 5.32 Å². The highest BCUT2D eigenvalue weighted by Crippen LogP contribution is 2.18. The van der Waals surface area contributed by atoms with Gasteiger partial charge in [0.1, 0.15) is 0 Å². The van der Waals surface area contributed by atoms with Crippen molar-refractivity contribution in [3.05, 3.63) is 48.0 Å². The van der Waals surface area contributed by atoms with Crippen LogP contribution in [0, 0.1) is 6.92 Å². The first-order valence-electron chi connectivity index (χ1n) is 8.17. The fraction of sp³-hybridized carbons (Fsp3) is 0.471. The molecule has 122 valence electrons. The molecule has 1 aliphatic rings. The second-order valence-electron chi connectivity index (χ2n) is 5.97. The number of rotatable bonds is 5. The predicted molar refractivity (Wildman–Crippen MR) is 88.0 cm³/mol. The van der Waals surface area contributed by atoms with Gasteiger partial charge in [0.25, 0.3) is 0 Å². The third-order valence-electron chi connectivity index (χ3n) is 4.20. The van der Waals surface area contributed by atoms with Gasteiger partial charge in [-0.2, -0.15) is 5.10 Å². The lowest BCUT2D eigenvalue weighted by Crippen LogP contribution is -2.45. The van der Waals surface area contributed by atoms with Crippen LogP contribution in [0.15, 0.2) is 36.7 Å². The number of aromatic nitrogens is 3. The summed E-state index contributed by atoms with van der Waals surface area (Å²) in [4.78, 5) is 18.8. The average molecular weight is 313 g/mol. The highest BCUT2D eigenvalue weighted by molar-refractivity contribution is 5.74. The number of nitrogens with one attached hydrogen (secondary N) is 1. The van der Waals surface area contributed by atoms with E-state index in [0.29, 0.717) is 6.54 Å². The minimum Gasteiger partial charge on any atom is -0.338 e. The molecule has 0 spiro atoms. The van der Waals surface area contributed by atoms with Crippen molar-refractivity contribution in [2.45, 2.75) is 38.8 Å². The second-order valence-corrected chi connectivity index (χ2v) is 5.97. The summed E-state index contributed by atoms with van der Waals surface area (Å²) in [6.45, 7) is 4.17. The summed E-state index contributed by atoms with van der Waals surface area (Å²) in [5.74, 6) is 0. The third kappa shape index (κ3) is 4.09. The molecule has 0 aliphatic carbocycles. The standard InChI is InChI=1S/C17H23N5O/c1-14-5-2-6-15(20-14)8-10-18-17(23)22-12-3-7-16(22)13-21-11-4-9-19-21/h2,4-6,9,11,16H,3,7-8,10,12-13H2,1H3,(H,18,23). The molecule has 2 aromatic rings. The van der Waals surface area contributed by atoms with Crippen LogP contribution in [0.5, 0.6) is 0 Å². The molecule has 6 nitrogen and oxygen atoms in total. The number of hydrogen-bond acceptors (Lipinski definition) is 3. The summed E-state index contributed by atoms with van der Waals surface area (Å²) in [6, 6.07) is 8.13. The van der Waals surface area contributed by atoms with Crippen molar-refractivity contribution in [2.24, 2.45) is 0 Å². The van der Waals surface area contributed by atoms with E-state index in [9.17, 15) is 4.79 Å². The first-order chi connectivity index (χ1) is 11.2. The molecule has 0 radical (unpaired) electrons. The molecular weight excluding hydrogens is 290 g/mol. The molecule has 1 unspecified atom stereocenters. The molecule has 2 amide bonds. The van der Waals surface area contributed by atoms with Gasteiger partial charge in [-0.3, -0.25) is 9.67 Å². The molecule has 1 fully saturated rings. The largest absolute Gasteiger partial charge is 0.338 e. The predicted octanol–water partition coefficient (Wildman–Crippen LogP) is 2.00. The highest BCUT2D eigenvalue weighted by atomic mass is 16.2. The molecule has 23 heavy (non-hydrogen) atoms. The van der Waals surface area contributed by atoms with Gasteiger partial charge in [-0.1, -0.05) is 6.07 Å². The van der Waals surface area contributed by atoms with Crippen molar-refractivity contribution in [1.82, 2.24) is 25.0 Å². The van der Waals surface area contributed by atoms with Gasteiger partial charge in [0.15, 0.2) is 0 Å². The third-order valence-corrected chi connectivity index (χ3v) is 4.20. The van der Waals surface area contributed by atoms with Gasteiger partial charge in [-0.05, 0) is 38.0 Å². The van der Waals surface area contributed by atoms with E-state index in [2.05, 4.69) is 15.4 Å². The zero-order valence-electron chi connectivity index (χ0n) is 13.5. The summed E-state index contributed by atoms with van der Waals surface area (Å²) in [7, 11) is 0. The molecule has 0 bridgehead atoms. The number of carbonyl (C=O) groups excluding carboxylic acids is 1. The maximum atomic E-state index is 12.4. The fourth-order valence-electron chi connectivity index (χ4n) is 3.06. The SMILES string of the molecule is Cc1cccc(CCNC(=O)N2CCCC2Cn2cccn2)n1. The van der Waals surface area contributed by atoms with Gasteiger partial charge < -0.3 is 10.2 Å².